The predicted molar refractivity (Wildman–Crippen MR) is 155 cm³/mol. The maximum atomic E-state index is 10.6. The lowest BCUT2D eigenvalue weighted by Gasteiger charge is -2.32. The van der Waals surface area contributed by atoms with Gasteiger partial charge in [0.1, 0.15) is 5.82 Å². The number of aryl methyl sites for hydroxylation is 4. The zero-order chi connectivity index (χ0) is 31.2. The number of hydrogen-bond donors (Lipinski definition) is 1. The van der Waals surface area contributed by atoms with Gasteiger partial charge >= 0.3 is 12.1 Å². The van der Waals surface area contributed by atoms with Crippen molar-refractivity contribution in [3.05, 3.63) is 58.1 Å². The van der Waals surface area contributed by atoms with Crippen LogP contribution in [0.3, 0.4) is 0 Å². The number of fused-ring (bicyclic) bond motifs is 1. The number of hydrogen-bond acceptors (Lipinski definition) is 7. The van der Waals surface area contributed by atoms with Crippen LogP contribution < -0.4 is 19.3 Å². The fraction of sp³-hybridized carbons (Fsp3) is 0.467. The smallest absolute Gasteiger partial charge is 0.490 e. The number of halogens is 3. The molecular weight excluding hydrogens is 553 g/mol. The van der Waals surface area contributed by atoms with E-state index >= 15 is 0 Å². The van der Waals surface area contributed by atoms with Crippen molar-refractivity contribution in [3.8, 4) is 11.5 Å². The zero-order valence-electron chi connectivity index (χ0n) is 25.1. The highest BCUT2D eigenvalue weighted by atomic mass is 19.4. The van der Waals surface area contributed by atoms with Crippen LogP contribution in [0.1, 0.15) is 34.2 Å². The highest BCUT2D eigenvalue weighted by Gasteiger charge is 2.38. The fourth-order valence-corrected chi connectivity index (χ4v) is 5.38. The van der Waals surface area contributed by atoms with Crippen molar-refractivity contribution in [1.29, 1.82) is 0 Å². The van der Waals surface area contributed by atoms with E-state index < -0.39 is 12.1 Å². The van der Waals surface area contributed by atoms with Gasteiger partial charge in [0.2, 0.25) is 0 Å². The molecule has 1 aliphatic heterocycles. The van der Waals surface area contributed by atoms with E-state index in [0.717, 1.165) is 61.2 Å². The van der Waals surface area contributed by atoms with Gasteiger partial charge in [-0.3, -0.25) is 4.68 Å². The minimum Gasteiger partial charge on any atom is -0.493 e. The standard InChI is InChI=1S/C28H38N4O3.C2HF3O2/c1-19-15-20(2)26(21(3)16-19)32-12-8-9-23-27(32)29-30(4)28(23)31(13-14-33-5)18-22-10-11-24(34-6)25(17-22)35-7;3-2(4,5)1(6)7/h10-11,15-17H,8-9,12-14,18H2,1-7H3;(H,6,7). The molecule has 0 amide bonds. The van der Waals surface area contributed by atoms with Crippen molar-refractivity contribution in [1.82, 2.24) is 9.78 Å². The summed E-state index contributed by atoms with van der Waals surface area (Å²) in [5.41, 5.74) is 7.61. The summed E-state index contributed by atoms with van der Waals surface area (Å²) in [6, 6.07) is 10.6. The highest BCUT2D eigenvalue weighted by Crippen LogP contribution is 2.41. The van der Waals surface area contributed by atoms with Gasteiger partial charge in [0.25, 0.3) is 0 Å². The number of aromatic nitrogens is 2. The molecule has 1 aliphatic rings. The molecule has 0 atom stereocenters. The molecule has 9 nitrogen and oxygen atoms in total. The Morgan fingerprint density at radius 1 is 1.05 bits per heavy atom. The Morgan fingerprint density at radius 3 is 2.21 bits per heavy atom. The summed E-state index contributed by atoms with van der Waals surface area (Å²) in [4.78, 5) is 13.7. The van der Waals surface area contributed by atoms with Crippen LogP contribution in [-0.2, 0) is 29.5 Å². The van der Waals surface area contributed by atoms with E-state index in [1.165, 1.54) is 27.9 Å². The van der Waals surface area contributed by atoms with Crippen molar-refractivity contribution < 1.29 is 37.3 Å². The SMILES string of the molecule is COCCN(Cc1ccc(OC)c(OC)c1)c1c2c(nn1C)N(c1c(C)cc(C)cc1C)CCC2.O=C(O)C(F)(F)F. The van der Waals surface area contributed by atoms with Gasteiger partial charge in [-0.1, -0.05) is 23.8 Å². The fourth-order valence-electron chi connectivity index (χ4n) is 5.38. The molecular formula is C30H39F3N4O5. The molecule has 0 saturated heterocycles. The Labute approximate surface area is 244 Å². The van der Waals surface area contributed by atoms with Gasteiger partial charge in [-0.15, -0.1) is 0 Å². The molecule has 1 N–H and O–H groups in total. The summed E-state index contributed by atoms with van der Waals surface area (Å²) >= 11 is 0. The van der Waals surface area contributed by atoms with Crippen LogP contribution in [0.4, 0.5) is 30.5 Å². The first-order valence-corrected chi connectivity index (χ1v) is 13.5. The molecule has 0 aliphatic carbocycles. The van der Waals surface area contributed by atoms with E-state index in [-0.39, 0.29) is 0 Å². The summed E-state index contributed by atoms with van der Waals surface area (Å²) < 4.78 is 50.2. The third kappa shape index (κ3) is 7.47. The minimum absolute atomic E-state index is 0.632. The monoisotopic (exact) mass is 592 g/mol. The number of ether oxygens (including phenoxy) is 3. The first-order chi connectivity index (χ1) is 19.8. The van der Waals surface area contributed by atoms with Crippen molar-refractivity contribution in [3.63, 3.8) is 0 Å². The van der Waals surface area contributed by atoms with Gasteiger partial charge in [0.05, 0.1) is 20.8 Å². The number of carbonyl (C=O) groups is 1. The van der Waals surface area contributed by atoms with Crippen molar-refractivity contribution in [2.45, 2.75) is 46.3 Å². The number of aliphatic carboxylic acids is 1. The maximum absolute atomic E-state index is 10.6. The Kier molecular flexibility index (Phi) is 10.7. The molecule has 0 radical (unpaired) electrons. The second-order valence-electron chi connectivity index (χ2n) is 10.2. The molecule has 0 unspecified atom stereocenters. The maximum Gasteiger partial charge on any atom is 0.490 e. The summed E-state index contributed by atoms with van der Waals surface area (Å²) in [7, 11) is 7.13. The third-order valence-electron chi connectivity index (χ3n) is 6.99. The molecule has 42 heavy (non-hydrogen) atoms. The molecule has 0 spiro atoms. The zero-order valence-corrected chi connectivity index (χ0v) is 25.1. The molecule has 4 rings (SSSR count). The minimum atomic E-state index is -5.08. The van der Waals surface area contributed by atoms with Crippen LogP contribution in [0.15, 0.2) is 30.3 Å². The van der Waals surface area contributed by atoms with Crippen LogP contribution in [0.25, 0.3) is 0 Å². The Morgan fingerprint density at radius 2 is 1.67 bits per heavy atom. The predicted octanol–water partition coefficient (Wildman–Crippen LogP) is 5.73. The topological polar surface area (TPSA) is 89.3 Å². The molecule has 0 bridgehead atoms. The van der Waals surface area contributed by atoms with Gasteiger partial charge in [-0.05, 0) is 62.4 Å². The van der Waals surface area contributed by atoms with Crippen molar-refractivity contribution in [2.75, 3.05) is 50.8 Å². The van der Waals surface area contributed by atoms with Crippen molar-refractivity contribution >= 4 is 23.3 Å². The third-order valence-corrected chi connectivity index (χ3v) is 6.99. The molecule has 0 fully saturated rings. The largest absolute Gasteiger partial charge is 0.493 e. The number of rotatable bonds is 9. The van der Waals surface area contributed by atoms with Crippen LogP contribution in [0.5, 0.6) is 11.5 Å². The number of carboxylic acid groups (broad SMARTS) is 1. The van der Waals surface area contributed by atoms with Gasteiger partial charge < -0.3 is 29.1 Å². The molecule has 2 heterocycles. The normalized spacial score (nSPS) is 12.8. The number of methoxy groups -OCH3 is 3. The summed E-state index contributed by atoms with van der Waals surface area (Å²) in [6.07, 6.45) is -2.98. The van der Waals surface area contributed by atoms with E-state index in [0.29, 0.717) is 6.61 Å². The van der Waals surface area contributed by atoms with E-state index in [1.807, 2.05) is 16.8 Å². The summed E-state index contributed by atoms with van der Waals surface area (Å²) in [5, 5.41) is 12.2. The van der Waals surface area contributed by atoms with E-state index in [4.69, 9.17) is 29.2 Å². The number of carboxylic acids is 1. The lowest BCUT2D eigenvalue weighted by Crippen LogP contribution is -2.30. The molecule has 3 aromatic rings. The van der Waals surface area contributed by atoms with Gasteiger partial charge in [-0.25, -0.2) is 4.79 Å². The van der Waals surface area contributed by atoms with Gasteiger partial charge in [-0.2, -0.15) is 18.3 Å². The number of anilines is 3. The first-order valence-electron chi connectivity index (χ1n) is 13.5. The molecule has 12 heteroatoms. The average Bonchev–Trinajstić information content (AvgIpc) is 3.26. The van der Waals surface area contributed by atoms with E-state index in [2.05, 4.69) is 55.8 Å². The number of benzene rings is 2. The van der Waals surface area contributed by atoms with Crippen LogP contribution in [-0.4, -0.2) is 68.1 Å². The van der Waals surface area contributed by atoms with Gasteiger partial charge in [0.15, 0.2) is 17.3 Å². The Bertz CT molecular complexity index is 1370. The Balaban J connectivity index is 0.000000616. The molecule has 2 aromatic carbocycles. The Hall–Kier alpha value is -3.93. The first kappa shape index (κ1) is 32.6. The van der Waals surface area contributed by atoms with Gasteiger partial charge in [0, 0.05) is 45.0 Å². The van der Waals surface area contributed by atoms with Crippen molar-refractivity contribution in [2.24, 2.45) is 7.05 Å². The quantitative estimate of drug-likeness (QED) is 0.337. The second-order valence-corrected chi connectivity index (χ2v) is 10.2. The lowest BCUT2D eigenvalue weighted by atomic mass is 10.00. The molecule has 0 saturated carbocycles. The molecule has 230 valence electrons. The van der Waals surface area contributed by atoms with Crippen LogP contribution in [0.2, 0.25) is 0 Å². The second kappa shape index (κ2) is 13.8. The lowest BCUT2D eigenvalue weighted by molar-refractivity contribution is -0.192. The summed E-state index contributed by atoms with van der Waals surface area (Å²) in [6.45, 7) is 9.66. The number of alkyl halides is 3. The highest BCUT2D eigenvalue weighted by molar-refractivity contribution is 5.75. The van der Waals surface area contributed by atoms with Crippen LogP contribution >= 0.6 is 0 Å². The summed E-state index contributed by atoms with van der Waals surface area (Å²) in [5.74, 6) is 0.933. The average molecular weight is 593 g/mol. The van der Waals surface area contributed by atoms with E-state index in [1.54, 1.807) is 21.3 Å². The van der Waals surface area contributed by atoms with Crippen LogP contribution in [0, 0.1) is 20.8 Å². The molecule has 1 aromatic heterocycles. The number of nitrogens with zero attached hydrogens (tertiary/aromatic N) is 4. The van der Waals surface area contributed by atoms with E-state index in [9.17, 15) is 13.2 Å².